The summed E-state index contributed by atoms with van der Waals surface area (Å²) < 4.78 is 0. The Balaban J connectivity index is 1.18. The summed E-state index contributed by atoms with van der Waals surface area (Å²) in [5.74, 6) is -0.239. The Hall–Kier alpha value is -3.71. The quantitative estimate of drug-likeness (QED) is 0.278. The summed E-state index contributed by atoms with van der Waals surface area (Å²) in [5.41, 5.74) is 3.21. The van der Waals surface area contributed by atoms with Crippen molar-refractivity contribution in [3.8, 4) is 0 Å². The van der Waals surface area contributed by atoms with Crippen molar-refractivity contribution in [2.24, 2.45) is 0 Å². The van der Waals surface area contributed by atoms with Gasteiger partial charge in [0.15, 0.2) is 0 Å². The van der Waals surface area contributed by atoms with Crippen molar-refractivity contribution >= 4 is 29.3 Å². The fourth-order valence-electron chi connectivity index (χ4n) is 5.69. The molecule has 2 fully saturated rings. The number of carbonyl (C=O) groups excluding carboxylic acids is 2. The number of benzene rings is 4. The molecule has 1 atom stereocenters. The van der Waals surface area contributed by atoms with Crippen LogP contribution in [0, 0.1) is 0 Å². The van der Waals surface area contributed by atoms with Gasteiger partial charge in [-0.15, -0.1) is 0 Å². The largest absolute Gasteiger partial charge is 0.290 e. The molecule has 39 heavy (non-hydrogen) atoms. The van der Waals surface area contributed by atoms with Gasteiger partial charge < -0.3 is 0 Å². The zero-order valence-electron chi connectivity index (χ0n) is 21.7. The lowest BCUT2D eigenvalue weighted by atomic mass is 9.96. The van der Waals surface area contributed by atoms with Gasteiger partial charge in [-0.05, 0) is 35.4 Å². The van der Waals surface area contributed by atoms with E-state index in [4.69, 9.17) is 0 Å². The van der Waals surface area contributed by atoms with Crippen LogP contribution in [-0.4, -0.2) is 53.8 Å². The van der Waals surface area contributed by atoms with Crippen LogP contribution in [-0.2, 0) is 9.59 Å². The molecule has 6 heteroatoms. The van der Waals surface area contributed by atoms with E-state index in [2.05, 4.69) is 70.5 Å². The number of carbonyl (C=O) groups is 2. The van der Waals surface area contributed by atoms with Crippen LogP contribution in [0.15, 0.2) is 125 Å². The first kappa shape index (κ1) is 25.6. The maximum Gasteiger partial charge on any atom is 0.251 e. The molecule has 0 aromatic heterocycles. The fourth-order valence-corrected chi connectivity index (χ4v) is 6.65. The van der Waals surface area contributed by atoms with Crippen molar-refractivity contribution in [3.05, 3.63) is 126 Å². The number of anilines is 1. The number of hydrogen-bond acceptors (Lipinski definition) is 5. The molecule has 2 amide bonds. The highest BCUT2D eigenvalue weighted by Crippen LogP contribution is 2.38. The van der Waals surface area contributed by atoms with E-state index in [0.717, 1.165) is 36.0 Å². The zero-order chi connectivity index (χ0) is 26.6. The highest BCUT2D eigenvalue weighted by Gasteiger charge is 2.44. The summed E-state index contributed by atoms with van der Waals surface area (Å²) in [7, 11) is 0. The van der Waals surface area contributed by atoms with Crippen LogP contribution in [0.3, 0.4) is 0 Å². The highest BCUT2D eigenvalue weighted by molar-refractivity contribution is 7.99. The topological polar surface area (TPSA) is 43.9 Å². The number of para-hydroxylation sites is 1. The molecule has 5 nitrogen and oxygen atoms in total. The second-order valence-electron chi connectivity index (χ2n) is 9.97. The predicted molar refractivity (Wildman–Crippen MR) is 156 cm³/mol. The standard InChI is InChI=1S/C33H31N3O2S/c37-31-24-29(33(38)36(31)28-18-10-11-19-30(28)39-27-16-8-3-9-17-27)34-20-22-35(23-21-34)32(25-12-4-1-5-13-25)26-14-6-2-7-15-26/h1-19,29,32H,20-24H2/t29-/m1/s1. The third kappa shape index (κ3) is 5.41. The Labute approximate surface area is 234 Å². The normalized spacial score (nSPS) is 18.7. The molecule has 4 aromatic carbocycles. The lowest BCUT2D eigenvalue weighted by Gasteiger charge is -2.41. The highest BCUT2D eigenvalue weighted by atomic mass is 32.2. The first-order valence-corrected chi connectivity index (χ1v) is 14.3. The predicted octanol–water partition coefficient (Wildman–Crippen LogP) is 5.88. The van der Waals surface area contributed by atoms with Gasteiger partial charge in [-0.25, -0.2) is 4.90 Å². The number of piperazine rings is 1. The van der Waals surface area contributed by atoms with Crippen LogP contribution < -0.4 is 4.90 Å². The maximum atomic E-state index is 13.7. The van der Waals surface area contributed by atoms with Gasteiger partial charge >= 0.3 is 0 Å². The summed E-state index contributed by atoms with van der Waals surface area (Å²) in [4.78, 5) is 35.1. The van der Waals surface area contributed by atoms with E-state index in [9.17, 15) is 9.59 Å². The average Bonchev–Trinajstić information content (AvgIpc) is 3.29. The molecule has 0 unspecified atom stereocenters. The first-order chi connectivity index (χ1) is 19.2. The Morgan fingerprint density at radius 3 is 1.79 bits per heavy atom. The molecule has 2 aliphatic rings. The summed E-state index contributed by atoms with van der Waals surface area (Å²) in [6, 6.07) is 38.7. The van der Waals surface area contributed by atoms with Crippen molar-refractivity contribution in [2.75, 3.05) is 31.1 Å². The van der Waals surface area contributed by atoms with Crippen LogP contribution >= 0.6 is 11.8 Å². The Morgan fingerprint density at radius 1 is 0.641 bits per heavy atom. The van der Waals surface area contributed by atoms with Gasteiger partial charge in [-0.1, -0.05) is 103 Å². The van der Waals surface area contributed by atoms with E-state index in [-0.39, 0.29) is 24.3 Å². The van der Waals surface area contributed by atoms with Crippen molar-refractivity contribution < 1.29 is 9.59 Å². The molecule has 0 spiro atoms. The SMILES string of the molecule is O=C1C[C@@H](N2CCN(C(c3ccccc3)c3ccccc3)CC2)C(=O)N1c1ccccc1Sc1ccccc1. The minimum Gasteiger partial charge on any atom is -0.290 e. The number of rotatable bonds is 7. The van der Waals surface area contributed by atoms with E-state index >= 15 is 0 Å². The van der Waals surface area contributed by atoms with E-state index in [0.29, 0.717) is 5.69 Å². The van der Waals surface area contributed by atoms with Crippen LogP contribution in [0.5, 0.6) is 0 Å². The van der Waals surface area contributed by atoms with Crippen molar-refractivity contribution in [1.82, 2.24) is 9.80 Å². The van der Waals surface area contributed by atoms with Gasteiger partial charge in [0.05, 0.1) is 24.2 Å². The van der Waals surface area contributed by atoms with Crippen molar-refractivity contribution in [2.45, 2.75) is 28.3 Å². The van der Waals surface area contributed by atoms with Gasteiger partial charge in [0.2, 0.25) is 5.91 Å². The number of imide groups is 1. The fraction of sp³-hybridized carbons (Fsp3) is 0.212. The smallest absolute Gasteiger partial charge is 0.251 e. The van der Waals surface area contributed by atoms with Gasteiger partial charge in [-0.3, -0.25) is 19.4 Å². The lowest BCUT2D eigenvalue weighted by molar-refractivity contribution is -0.123. The van der Waals surface area contributed by atoms with E-state index in [1.807, 2.05) is 54.6 Å². The van der Waals surface area contributed by atoms with Crippen LogP contribution in [0.1, 0.15) is 23.6 Å². The molecule has 0 saturated carbocycles. The molecule has 6 rings (SSSR count). The van der Waals surface area contributed by atoms with E-state index in [1.54, 1.807) is 11.8 Å². The Bertz CT molecular complexity index is 1380. The maximum absolute atomic E-state index is 13.7. The molecule has 0 radical (unpaired) electrons. The summed E-state index contributed by atoms with van der Waals surface area (Å²) in [5, 5.41) is 0. The lowest BCUT2D eigenvalue weighted by Crippen LogP contribution is -2.53. The monoisotopic (exact) mass is 533 g/mol. The van der Waals surface area contributed by atoms with Crippen LogP contribution in [0.4, 0.5) is 5.69 Å². The van der Waals surface area contributed by atoms with Crippen LogP contribution in [0.2, 0.25) is 0 Å². The first-order valence-electron chi connectivity index (χ1n) is 13.5. The molecular weight excluding hydrogens is 502 g/mol. The average molecular weight is 534 g/mol. The van der Waals surface area contributed by atoms with Crippen LogP contribution in [0.25, 0.3) is 0 Å². The second kappa shape index (κ2) is 11.6. The molecule has 2 aliphatic heterocycles. The third-order valence-corrected chi connectivity index (χ3v) is 8.66. The molecular formula is C33H31N3O2S. The number of hydrogen-bond donors (Lipinski definition) is 0. The van der Waals surface area contributed by atoms with Crippen molar-refractivity contribution in [1.29, 1.82) is 0 Å². The zero-order valence-corrected chi connectivity index (χ0v) is 22.5. The summed E-state index contributed by atoms with van der Waals surface area (Å²) >= 11 is 1.57. The summed E-state index contributed by atoms with van der Waals surface area (Å²) in [6.07, 6.45) is 0.226. The second-order valence-corrected chi connectivity index (χ2v) is 11.1. The Kier molecular flexibility index (Phi) is 7.59. The molecule has 2 saturated heterocycles. The molecule has 0 bridgehead atoms. The molecule has 196 valence electrons. The van der Waals surface area contributed by atoms with Gasteiger partial charge in [0.25, 0.3) is 5.91 Å². The minimum absolute atomic E-state index is 0.114. The van der Waals surface area contributed by atoms with E-state index < -0.39 is 6.04 Å². The molecule has 4 aromatic rings. The van der Waals surface area contributed by atoms with E-state index in [1.165, 1.54) is 16.0 Å². The van der Waals surface area contributed by atoms with Gasteiger partial charge in [0, 0.05) is 36.0 Å². The third-order valence-electron chi connectivity index (χ3n) is 7.59. The molecule has 2 heterocycles. The summed E-state index contributed by atoms with van der Waals surface area (Å²) in [6.45, 7) is 3.14. The number of nitrogens with zero attached hydrogens (tertiary/aromatic N) is 3. The number of amides is 2. The molecule has 0 N–H and O–H groups in total. The molecule has 0 aliphatic carbocycles. The van der Waals surface area contributed by atoms with Crippen molar-refractivity contribution in [3.63, 3.8) is 0 Å². The Morgan fingerprint density at radius 2 is 1.18 bits per heavy atom. The van der Waals surface area contributed by atoms with Gasteiger partial charge in [-0.2, -0.15) is 0 Å². The van der Waals surface area contributed by atoms with Gasteiger partial charge in [0.1, 0.15) is 0 Å². The minimum atomic E-state index is -0.415.